The normalized spacial score (nSPS) is 10.4. The van der Waals surface area contributed by atoms with Crippen LogP contribution in [-0.4, -0.2) is 4.98 Å². The van der Waals surface area contributed by atoms with Crippen LogP contribution >= 0.6 is 0 Å². The van der Waals surface area contributed by atoms with Gasteiger partial charge in [-0.05, 0) is 12.1 Å². The van der Waals surface area contributed by atoms with Crippen LogP contribution in [-0.2, 0) is 6.54 Å². The molecule has 0 saturated heterocycles. The Morgan fingerprint density at radius 1 is 1.08 bits per heavy atom. The van der Waals surface area contributed by atoms with E-state index in [2.05, 4.69) is 4.98 Å². The molecule has 0 fully saturated rings. The topological polar surface area (TPSA) is 36.7 Å². The van der Waals surface area contributed by atoms with Gasteiger partial charge in [-0.1, -0.05) is 24.3 Å². The fourth-order valence-corrected chi connectivity index (χ4v) is 1.21. The highest BCUT2D eigenvalue weighted by molar-refractivity contribution is 5.78. The molecule has 2 aromatic rings. The summed E-state index contributed by atoms with van der Waals surface area (Å²) in [6.45, 7) is 0.255. The van der Waals surface area contributed by atoms with Crippen LogP contribution in [0.4, 0.5) is 0 Å². The van der Waals surface area contributed by atoms with E-state index in [1.54, 1.807) is 0 Å². The van der Waals surface area contributed by atoms with Gasteiger partial charge in [-0.25, -0.2) is 0 Å². The maximum Gasteiger partial charge on any atom is 0.0705 e. The zero-order chi connectivity index (χ0) is 8.39. The zero-order valence-corrected chi connectivity index (χ0v) is 6.62. The van der Waals surface area contributed by atoms with Crippen molar-refractivity contribution in [3.05, 3.63) is 42.1 Å². The van der Waals surface area contributed by atoms with Gasteiger partial charge in [0.2, 0.25) is 0 Å². The number of aromatic nitrogens is 1. The van der Waals surface area contributed by atoms with Crippen LogP contribution in [0.25, 0.3) is 10.9 Å². The summed E-state index contributed by atoms with van der Waals surface area (Å²) in [6.07, 6.45) is 0. The minimum absolute atomic E-state index is 0.255. The SMILES string of the molecule is [NH]Cc1ccc2ccccc2n1. The summed E-state index contributed by atoms with van der Waals surface area (Å²) in [4.78, 5) is 4.31. The van der Waals surface area contributed by atoms with Crippen molar-refractivity contribution in [1.29, 1.82) is 0 Å². The average Bonchev–Trinajstić information content (AvgIpc) is 2.17. The Morgan fingerprint density at radius 2 is 1.92 bits per heavy atom. The van der Waals surface area contributed by atoms with Crippen molar-refractivity contribution in [2.24, 2.45) is 0 Å². The Labute approximate surface area is 71.0 Å². The van der Waals surface area contributed by atoms with Gasteiger partial charge >= 0.3 is 0 Å². The number of fused-ring (bicyclic) bond motifs is 1. The summed E-state index contributed by atoms with van der Waals surface area (Å²) in [7, 11) is 0. The van der Waals surface area contributed by atoms with Crippen molar-refractivity contribution in [3.63, 3.8) is 0 Å². The first-order chi connectivity index (χ1) is 5.90. The van der Waals surface area contributed by atoms with Crippen molar-refractivity contribution >= 4 is 10.9 Å². The van der Waals surface area contributed by atoms with E-state index in [-0.39, 0.29) is 6.54 Å². The van der Waals surface area contributed by atoms with E-state index in [0.717, 1.165) is 16.6 Å². The predicted molar refractivity (Wildman–Crippen MR) is 48.5 cm³/mol. The lowest BCUT2D eigenvalue weighted by Crippen LogP contribution is -1.89. The molecule has 0 spiro atoms. The van der Waals surface area contributed by atoms with E-state index in [4.69, 9.17) is 5.73 Å². The molecule has 1 radical (unpaired) electrons. The molecule has 1 aromatic carbocycles. The summed E-state index contributed by atoms with van der Waals surface area (Å²) < 4.78 is 0. The Morgan fingerprint density at radius 3 is 2.75 bits per heavy atom. The molecule has 0 bridgehead atoms. The molecule has 0 aliphatic rings. The lowest BCUT2D eigenvalue weighted by atomic mass is 10.2. The standard InChI is InChI=1S/C10H9N2/c11-7-9-6-5-8-3-1-2-4-10(8)12-9/h1-6,11H,7H2. The molecule has 1 N–H and O–H groups in total. The third-order valence-electron chi connectivity index (χ3n) is 1.84. The first-order valence-corrected chi connectivity index (χ1v) is 3.89. The van der Waals surface area contributed by atoms with Crippen molar-refractivity contribution in [2.75, 3.05) is 0 Å². The molecule has 0 aliphatic heterocycles. The summed E-state index contributed by atoms with van der Waals surface area (Å²) >= 11 is 0. The molecule has 12 heavy (non-hydrogen) atoms. The van der Waals surface area contributed by atoms with Gasteiger partial charge in [0.05, 0.1) is 17.8 Å². The number of hydrogen-bond donors (Lipinski definition) is 0. The molecule has 2 nitrogen and oxygen atoms in total. The van der Waals surface area contributed by atoms with Crippen LogP contribution in [0.3, 0.4) is 0 Å². The van der Waals surface area contributed by atoms with Gasteiger partial charge in [0.15, 0.2) is 0 Å². The van der Waals surface area contributed by atoms with E-state index in [9.17, 15) is 0 Å². The number of nitrogens with zero attached hydrogens (tertiary/aromatic N) is 1. The van der Waals surface area contributed by atoms with E-state index >= 15 is 0 Å². The number of hydrogen-bond acceptors (Lipinski definition) is 1. The predicted octanol–water partition coefficient (Wildman–Crippen LogP) is 2.02. The Hall–Kier alpha value is -1.41. The minimum atomic E-state index is 0.255. The molecule has 0 amide bonds. The quantitative estimate of drug-likeness (QED) is 0.623. The van der Waals surface area contributed by atoms with Gasteiger partial charge in [-0.2, -0.15) is 0 Å². The van der Waals surface area contributed by atoms with E-state index < -0.39 is 0 Å². The Bertz CT molecular complexity index is 396. The molecular weight excluding hydrogens is 148 g/mol. The van der Waals surface area contributed by atoms with Gasteiger partial charge < -0.3 is 0 Å². The van der Waals surface area contributed by atoms with Gasteiger partial charge in [-0.3, -0.25) is 10.7 Å². The molecule has 0 atom stereocenters. The highest BCUT2D eigenvalue weighted by atomic mass is 14.7. The van der Waals surface area contributed by atoms with E-state index in [1.807, 2.05) is 36.4 Å². The van der Waals surface area contributed by atoms with Crippen molar-refractivity contribution in [2.45, 2.75) is 6.54 Å². The first kappa shape index (κ1) is 7.25. The second kappa shape index (κ2) is 2.91. The fourth-order valence-electron chi connectivity index (χ4n) is 1.21. The summed E-state index contributed by atoms with van der Waals surface area (Å²) in [6, 6.07) is 11.8. The molecule has 1 aromatic heterocycles. The van der Waals surface area contributed by atoms with E-state index in [1.165, 1.54) is 0 Å². The molecular formula is C10H9N2. The first-order valence-electron chi connectivity index (χ1n) is 3.89. The smallest absolute Gasteiger partial charge is 0.0705 e. The number of pyridine rings is 1. The number of nitrogens with one attached hydrogen (secondary N) is 1. The van der Waals surface area contributed by atoms with Crippen molar-refractivity contribution < 1.29 is 0 Å². The van der Waals surface area contributed by atoms with Crippen molar-refractivity contribution in [3.8, 4) is 0 Å². The minimum Gasteiger partial charge on any atom is -0.251 e. The number of rotatable bonds is 1. The maximum atomic E-state index is 7.16. The lowest BCUT2D eigenvalue weighted by molar-refractivity contribution is 0.973. The maximum absolute atomic E-state index is 7.16. The molecule has 0 unspecified atom stereocenters. The number of benzene rings is 1. The van der Waals surface area contributed by atoms with Gasteiger partial charge in [-0.15, -0.1) is 0 Å². The monoisotopic (exact) mass is 157 g/mol. The molecule has 2 rings (SSSR count). The van der Waals surface area contributed by atoms with Crippen LogP contribution in [0, 0.1) is 0 Å². The second-order valence-electron chi connectivity index (χ2n) is 2.67. The van der Waals surface area contributed by atoms with Crippen molar-refractivity contribution in [1.82, 2.24) is 10.7 Å². The Balaban J connectivity index is 2.67. The van der Waals surface area contributed by atoms with Crippen LogP contribution in [0.5, 0.6) is 0 Å². The number of para-hydroxylation sites is 1. The highest BCUT2D eigenvalue weighted by Gasteiger charge is 1.94. The van der Waals surface area contributed by atoms with Crippen LogP contribution < -0.4 is 5.73 Å². The highest BCUT2D eigenvalue weighted by Crippen LogP contribution is 2.11. The third-order valence-corrected chi connectivity index (χ3v) is 1.84. The van der Waals surface area contributed by atoms with Gasteiger partial charge in [0.1, 0.15) is 0 Å². The molecule has 0 aliphatic carbocycles. The molecule has 0 saturated carbocycles. The average molecular weight is 157 g/mol. The second-order valence-corrected chi connectivity index (χ2v) is 2.67. The summed E-state index contributed by atoms with van der Waals surface area (Å²) in [5.41, 5.74) is 8.96. The van der Waals surface area contributed by atoms with Gasteiger partial charge in [0.25, 0.3) is 0 Å². The third kappa shape index (κ3) is 1.17. The Kier molecular flexibility index (Phi) is 1.76. The molecule has 59 valence electrons. The van der Waals surface area contributed by atoms with Crippen LogP contribution in [0.15, 0.2) is 36.4 Å². The van der Waals surface area contributed by atoms with Crippen LogP contribution in [0.1, 0.15) is 5.69 Å². The molecule has 2 heteroatoms. The molecule has 1 heterocycles. The zero-order valence-electron chi connectivity index (χ0n) is 6.62. The van der Waals surface area contributed by atoms with Gasteiger partial charge in [0, 0.05) is 5.39 Å². The summed E-state index contributed by atoms with van der Waals surface area (Å²) in [5.74, 6) is 0. The fraction of sp³-hybridized carbons (Fsp3) is 0.100. The lowest BCUT2D eigenvalue weighted by Gasteiger charge is -1.98. The van der Waals surface area contributed by atoms with E-state index in [0.29, 0.717) is 0 Å². The summed E-state index contributed by atoms with van der Waals surface area (Å²) in [5, 5.41) is 1.13. The van der Waals surface area contributed by atoms with Crippen LogP contribution in [0.2, 0.25) is 0 Å². The largest absolute Gasteiger partial charge is 0.251 e.